The molecule has 154 valence electrons. The second-order valence-corrected chi connectivity index (χ2v) is 7.82. The molecule has 0 radical (unpaired) electrons. The van der Waals surface area contributed by atoms with Gasteiger partial charge in [0.25, 0.3) is 5.91 Å². The van der Waals surface area contributed by atoms with Crippen LogP contribution in [0.2, 0.25) is 0 Å². The molecule has 7 heteroatoms. The predicted octanol–water partition coefficient (Wildman–Crippen LogP) is 3.96. The Bertz CT molecular complexity index is 803. The molecule has 1 amide bonds. The number of piperidine rings is 1. The van der Waals surface area contributed by atoms with Gasteiger partial charge in [-0.2, -0.15) is 0 Å². The Morgan fingerprint density at radius 2 is 1.69 bits per heavy atom. The van der Waals surface area contributed by atoms with Gasteiger partial charge in [0, 0.05) is 29.4 Å². The largest absolute Gasteiger partial charge is 0.497 e. The normalized spacial score (nSPS) is 13.6. The van der Waals surface area contributed by atoms with Gasteiger partial charge in [0.1, 0.15) is 5.75 Å². The summed E-state index contributed by atoms with van der Waals surface area (Å²) in [5.41, 5.74) is 1.86. The molecule has 1 aliphatic rings. The number of amides is 1. The lowest BCUT2D eigenvalue weighted by molar-refractivity contribution is -0.144. The standard InChI is InChI=1S/C22H26N2O4S/c1-27-19-9-11-20(12-10-19)29-16-22(26)28-15-21(25)23-17-5-7-18(8-6-17)24-13-3-2-4-14-24/h5-12H,2-4,13-16H2,1H3,(H,23,25). The van der Waals surface area contributed by atoms with E-state index >= 15 is 0 Å². The van der Waals surface area contributed by atoms with Crippen LogP contribution >= 0.6 is 11.8 Å². The number of hydrogen-bond donors (Lipinski definition) is 1. The van der Waals surface area contributed by atoms with Crippen molar-refractivity contribution < 1.29 is 19.1 Å². The Hall–Kier alpha value is -2.67. The zero-order chi connectivity index (χ0) is 20.5. The van der Waals surface area contributed by atoms with Gasteiger partial charge >= 0.3 is 5.97 Å². The van der Waals surface area contributed by atoms with Crippen molar-refractivity contribution in [2.75, 3.05) is 42.8 Å². The minimum atomic E-state index is -0.429. The van der Waals surface area contributed by atoms with Gasteiger partial charge in [-0.15, -0.1) is 11.8 Å². The van der Waals surface area contributed by atoms with Crippen LogP contribution in [0, 0.1) is 0 Å². The molecule has 1 saturated heterocycles. The molecule has 1 heterocycles. The van der Waals surface area contributed by atoms with E-state index in [1.54, 1.807) is 7.11 Å². The molecular weight excluding hydrogens is 388 g/mol. The van der Waals surface area contributed by atoms with Crippen LogP contribution < -0.4 is 15.0 Å². The highest BCUT2D eigenvalue weighted by Gasteiger charge is 2.12. The first-order chi connectivity index (χ1) is 14.1. The minimum absolute atomic E-state index is 0.143. The van der Waals surface area contributed by atoms with Crippen LogP contribution in [0.15, 0.2) is 53.4 Å². The third kappa shape index (κ3) is 6.71. The van der Waals surface area contributed by atoms with Crippen molar-refractivity contribution in [3.63, 3.8) is 0 Å². The van der Waals surface area contributed by atoms with E-state index in [9.17, 15) is 9.59 Å². The molecule has 0 atom stereocenters. The van der Waals surface area contributed by atoms with E-state index in [1.165, 1.54) is 36.7 Å². The van der Waals surface area contributed by atoms with E-state index in [1.807, 2.05) is 48.5 Å². The van der Waals surface area contributed by atoms with Crippen LogP contribution in [0.3, 0.4) is 0 Å². The second kappa shape index (κ2) is 10.8. The van der Waals surface area contributed by atoms with Crippen molar-refractivity contribution in [3.8, 4) is 5.75 Å². The maximum Gasteiger partial charge on any atom is 0.316 e. The van der Waals surface area contributed by atoms with Crippen molar-refractivity contribution >= 4 is 35.0 Å². The van der Waals surface area contributed by atoms with E-state index in [0.717, 1.165) is 23.7 Å². The minimum Gasteiger partial charge on any atom is -0.497 e. The average Bonchev–Trinajstić information content (AvgIpc) is 2.78. The topological polar surface area (TPSA) is 67.9 Å². The van der Waals surface area contributed by atoms with Crippen LogP contribution in [-0.2, 0) is 14.3 Å². The lowest BCUT2D eigenvalue weighted by Crippen LogP contribution is -2.29. The van der Waals surface area contributed by atoms with E-state index in [-0.39, 0.29) is 18.3 Å². The van der Waals surface area contributed by atoms with Crippen molar-refractivity contribution in [2.24, 2.45) is 0 Å². The van der Waals surface area contributed by atoms with Gasteiger partial charge < -0.3 is 19.7 Å². The van der Waals surface area contributed by atoms with E-state index < -0.39 is 5.97 Å². The van der Waals surface area contributed by atoms with E-state index in [4.69, 9.17) is 9.47 Å². The zero-order valence-corrected chi connectivity index (χ0v) is 17.4. The summed E-state index contributed by atoms with van der Waals surface area (Å²) in [7, 11) is 1.60. The number of carbonyl (C=O) groups excluding carboxylic acids is 2. The van der Waals surface area contributed by atoms with Crippen LogP contribution in [0.5, 0.6) is 5.75 Å². The van der Waals surface area contributed by atoms with Gasteiger partial charge in [0.15, 0.2) is 6.61 Å². The second-order valence-electron chi connectivity index (χ2n) is 6.77. The Morgan fingerprint density at radius 1 is 1.00 bits per heavy atom. The Balaban J connectivity index is 1.38. The summed E-state index contributed by atoms with van der Waals surface area (Å²) < 4.78 is 10.2. The van der Waals surface area contributed by atoms with Crippen molar-refractivity contribution in [1.29, 1.82) is 0 Å². The first-order valence-corrected chi connectivity index (χ1v) is 10.7. The Kier molecular flexibility index (Phi) is 7.81. The van der Waals surface area contributed by atoms with Crippen LogP contribution in [-0.4, -0.2) is 44.4 Å². The molecule has 0 spiro atoms. The summed E-state index contributed by atoms with van der Waals surface area (Å²) in [4.78, 5) is 27.2. The number of anilines is 2. The molecule has 0 bridgehead atoms. The van der Waals surface area contributed by atoms with Gasteiger partial charge in [0.05, 0.1) is 12.9 Å². The van der Waals surface area contributed by atoms with Gasteiger partial charge in [-0.05, 0) is 67.8 Å². The summed E-state index contributed by atoms with van der Waals surface area (Å²) in [5, 5.41) is 2.76. The predicted molar refractivity (Wildman–Crippen MR) is 116 cm³/mol. The van der Waals surface area contributed by atoms with Crippen molar-refractivity contribution in [3.05, 3.63) is 48.5 Å². The highest BCUT2D eigenvalue weighted by atomic mass is 32.2. The van der Waals surface area contributed by atoms with Gasteiger partial charge in [-0.25, -0.2) is 0 Å². The number of carbonyl (C=O) groups is 2. The number of thioether (sulfide) groups is 1. The number of rotatable bonds is 8. The number of nitrogens with zero attached hydrogens (tertiary/aromatic N) is 1. The maximum absolute atomic E-state index is 12.0. The Labute approximate surface area is 175 Å². The number of methoxy groups -OCH3 is 1. The fourth-order valence-corrected chi connectivity index (χ4v) is 3.80. The molecule has 0 saturated carbocycles. The lowest BCUT2D eigenvalue weighted by atomic mass is 10.1. The van der Waals surface area contributed by atoms with Gasteiger partial charge in [-0.1, -0.05) is 0 Å². The van der Waals surface area contributed by atoms with Crippen molar-refractivity contribution in [2.45, 2.75) is 24.2 Å². The highest BCUT2D eigenvalue weighted by molar-refractivity contribution is 8.00. The third-order valence-corrected chi connectivity index (χ3v) is 5.64. The summed E-state index contributed by atoms with van der Waals surface area (Å²) in [6.07, 6.45) is 3.74. The monoisotopic (exact) mass is 414 g/mol. The molecule has 29 heavy (non-hydrogen) atoms. The Morgan fingerprint density at radius 3 is 2.34 bits per heavy atom. The SMILES string of the molecule is COc1ccc(SCC(=O)OCC(=O)Nc2ccc(N3CCCCC3)cc2)cc1. The molecule has 3 rings (SSSR count). The van der Waals surface area contributed by atoms with Crippen LogP contribution in [0.25, 0.3) is 0 Å². The molecular formula is C22H26N2O4S. The van der Waals surface area contributed by atoms with Gasteiger partial charge in [-0.3, -0.25) is 9.59 Å². The molecule has 2 aromatic carbocycles. The molecule has 1 N–H and O–H groups in total. The summed E-state index contributed by atoms with van der Waals surface area (Å²) in [6.45, 7) is 1.86. The quantitative estimate of drug-likeness (QED) is 0.521. The molecule has 0 unspecified atom stereocenters. The fourth-order valence-electron chi connectivity index (χ4n) is 3.11. The molecule has 0 aliphatic carbocycles. The van der Waals surface area contributed by atoms with Crippen LogP contribution in [0.1, 0.15) is 19.3 Å². The van der Waals surface area contributed by atoms with E-state index in [0.29, 0.717) is 5.69 Å². The number of esters is 1. The first-order valence-electron chi connectivity index (χ1n) is 9.71. The molecule has 0 aromatic heterocycles. The van der Waals surface area contributed by atoms with Gasteiger partial charge in [0.2, 0.25) is 0 Å². The van der Waals surface area contributed by atoms with Crippen LogP contribution in [0.4, 0.5) is 11.4 Å². The maximum atomic E-state index is 12.0. The van der Waals surface area contributed by atoms with E-state index in [2.05, 4.69) is 10.2 Å². The number of ether oxygens (including phenoxy) is 2. The summed E-state index contributed by atoms with van der Waals surface area (Å²) in [5.74, 6) is 0.127. The zero-order valence-electron chi connectivity index (χ0n) is 16.6. The average molecular weight is 415 g/mol. The lowest BCUT2D eigenvalue weighted by Gasteiger charge is -2.28. The van der Waals surface area contributed by atoms with Crippen molar-refractivity contribution in [1.82, 2.24) is 0 Å². The number of benzene rings is 2. The summed E-state index contributed by atoms with van der Waals surface area (Å²) in [6, 6.07) is 15.2. The highest BCUT2D eigenvalue weighted by Crippen LogP contribution is 2.22. The smallest absolute Gasteiger partial charge is 0.316 e. The molecule has 1 aliphatic heterocycles. The number of hydrogen-bond acceptors (Lipinski definition) is 6. The third-order valence-electron chi connectivity index (χ3n) is 4.65. The first kappa shape index (κ1) is 21.0. The molecule has 6 nitrogen and oxygen atoms in total. The molecule has 1 fully saturated rings. The fraction of sp³-hybridized carbons (Fsp3) is 0.364. The summed E-state index contributed by atoms with van der Waals surface area (Å²) >= 11 is 1.35. The molecule has 2 aromatic rings. The number of nitrogens with one attached hydrogen (secondary N) is 1.